The number of anilines is 1. The molecule has 0 saturated carbocycles. The highest BCUT2D eigenvalue weighted by Crippen LogP contribution is 2.15. The van der Waals surface area contributed by atoms with Crippen molar-refractivity contribution in [3.63, 3.8) is 0 Å². The largest absolute Gasteiger partial charge is 0.367 e. The molecule has 1 saturated heterocycles. The van der Waals surface area contributed by atoms with Crippen molar-refractivity contribution < 1.29 is 4.79 Å². The summed E-state index contributed by atoms with van der Waals surface area (Å²) in [6, 6.07) is 4.16. The normalized spacial score (nSPS) is 16.2. The minimum atomic E-state index is -0.0568. The Labute approximate surface area is 132 Å². The molecule has 2 heterocycles. The molecule has 0 aliphatic carbocycles. The van der Waals surface area contributed by atoms with E-state index in [0.29, 0.717) is 18.2 Å². The molecular weight excluding hydrogens is 276 g/mol. The first-order chi connectivity index (χ1) is 10.7. The third kappa shape index (κ3) is 4.84. The lowest BCUT2D eigenvalue weighted by molar-refractivity contribution is 0.0953. The Hall–Kier alpha value is -1.88. The van der Waals surface area contributed by atoms with Gasteiger partial charge < -0.3 is 10.6 Å². The molecule has 5 heteroatoms. The van der Waals surface area contributed by atoms with E-state index < -0.39 is 0 Å². The summed E-state index contributed by atoms with van der Waals surface area (Å²) in [5.74, 6) is 0.785. The van der Waals surface area contributed by atoms with Gasteiger partial charge in [0.1, 0.15) is 5.82 Å². The summed E-state index contributed by atoms with van der Waals surface area (Å²) in [5, 5.41) is 6.31. The van der Waals surface area contributed by atoms with Gasteiger partial charge in [0.05, 0.1) is 5.56 Å². The van der Waals surface area contributed by atoms with Crippen molar-refractivity contribution in [2.45, 2.75) is 32.2 Å². The van der Waals surface area contributed by atoms with Crippen molar-refractivity contribution in [3.8, 4) is 0 Å². The van der Waals surface area contributed by atoms with Gasteiger partial charge in [0.2, 0.25) is 0 Å². The molecule has 5 nitrogen and oxygen atoms in total. The zero-order chi connectivity index (χ0) is 15.8. The number of aromatic nitrogens is 1. The van der Waals surface area contributed by atoms with Gasteiger partial charge in [-0.3, -0.25) is 9.69 Å². The molecule has 2 N–H and O–H groups in total. The number of amides is 1. The van der Waals surface area contributed by atoms with Crippen LogP contribution in [0.25, 0.3) is 0 Å². The Morgan fingerprint density at radius 3 is 2.82 bits per heavy atom. The van der Waals surface area contributed by atoms with Crippen LogP contribution >= 0.6 is 0 Å². The topological polar surface area (TPSA) is 57.3 Å². The number of carbonyl (C=O) groups excluding carboxylic acids is 1. The number of nitrogens with zero attached hydrogens (tertiary/aromatic N) is 2. The molecule has 1 aliphatic heterocycles. The predicted molar refractivity (Wildman–Crippen MR) is 90.1 cm³/mol. The molecule has 1 aromatic heterocycles. The molecule has 22 heavy (non-hydrogen) atoms. The number of piperidine rings is 1. The number of hydrogen-bond donors (Lipinski definition) is 2. The summed E-state index contributed by atoms with van der Waals surface area (Å²) in [4.78, 5) is 18.6. The summed E-state index contributed by atoms with van der Waals surface area (Å²) in [6.07, 6.45) is 6.74. The fourth-order valence-corrected chi connectivity index (χ4v) is 2.61. The predicted octanol–water partition coefficient (Wildman–Crippen LogP) is 2.28. The van der Waals surface area contributed by atoms with Gasteiger partial charge in [0.15, 0.2) is 0 Å². The zero-order valence-electron chi connectivity index (χ0n) is 13.3. The summed E-state index contributed by atoms with van der Waals surface area (Å²) in [5.41, 5.74) is 0.611. The maximum Gasteiger partial charge on any atom is 0.252 e. The highest BCUT2D eigenvalue weighted by Gasteiger charge is 2.18. The van der Waals surface area contributed by atoms with Crippen molar-refractivity contribution in [2.75, 3.05) is 31.5 Å². The van der Waals surface area contributed by atoms with Crippen LogP contribution in [-0.4, -0.2) is 48.0 Å². The van der Waals surface area contributed by atoms with E-state index >= 15 is 0 Å². The highest BCUT2D eigenvalue weighted by atomic mass is 16.1. The lowest BCUT2D eigenvalue weighted by Gasteiger charge is -2.31. The van der Waals surface area contributed by atoms with Gasteiger partial charge in [-0.2, -0.15) is 0 Å². The van der Waals surface area contributed by atoms with Crippen LogP contribution in [0.15, 0.2) is 31.0 Å². The smallest absolute Gasteiger partial charge is 0.252 e. The molecule has 1 aliphatic rings. The van der Waals surface area contributed by atoms with Gasteiger partial charge in [-0.15, -0.1) is 6.58 Å². The van der Waals surface area contributed by atoms with Gasteiger partial charge in [0.25, 0.3) is 5.91 Å². The molecule has 0 spiro atoms. The van der Waals surface area contributed by atoms with Crippen molar-refractivity contribution in [3.05, 3.63) is 36.5 Å². The van der Waals surface area contributed by atoms with Crippen LogP contribution in [0, 0.1) is 0 Å². The first-order valence-electron chi connectivity index (χ1n) is 8.07. The van der Waals surface area contributed by atoms with Crippen molar-refractivity contribution in [1.29, 1.82) is 0 Å². The average Bonchev–Trinajstić information content (AvgIpc) is 2.55. The Bertz CT molecular complexity index is 478. The molecule has 1 aromatic rings. The molecule has 1 fully saturated rings. The van der Waals surface area contributed by atoms with E-state index in [1.165, 1.54) is 0 Å². The minimum absolute atomic E-state index is 0.0568. The average molecular weight is 302 g/mol. The number of rotatable bonds is 7. The van der Waals surface area contributed by atoms with Crippen LogP contribution in [0.4, 0.5) is 5.82 Å². The fraction of sp³-hybridized carbons (Fsp3) is 0.529. The summed E-state index contributed by atoms with van der Waals surface area (Å²) in [6.45, 7) is 9.65. The van der Waals surface area contributed by atoms with Gasteiger partial charge in [-0.1, -0.05) is 13.0 Å². The number of carbonyl (C=O) groups is 1. The maximum atomic E-state index is 11.8. The lowest BCUT2D eigenvalue weighted by atomic mass is 10.1. The van der Waals surface area contributed by atoms with Crippen LogP contribution in [0.3, 0.4) is 0 Å². The summed E-state index contributed by atoms with van der Waals surface area (Å²) >= 11 is 0. The van der Waals surface area contributed by atoms with E-state index in [1.807, 2.05) is 25.1 Å². The Morgan fingerprint density at radius 1 is 1.45 bits per heavy atom. The molecule has 0 unspecified atom stereocenters. The standard InChI is InChI=1S/C17H26N4O/c1-3-9-18-17(22)14-5-6-16(19-13-14)20-15-7-11-21(10-4-2)12-8-15/h4-6,13,15H,2-3,7-12H2,1H3,(H,18,22)(H,19,20). The van der Waals surface area contributed by atoms with Gasteiger partial charge in [-0.05, 0) is 31.4 Å². The van der Waals surface area contributed by atoms with Gasteiger partial charge >= 0.3 is 0 Å². The van der Waals surface area contributed by atoms with E-state index in [4.69, 9.17) is 0 Å². The number of pyridine rings is 1. The first kappa shape index (κ1) is 16.5. The van der Waals surface area contributed by atoms with Crippen LogP contribution in [0.2, 0.25) is 0 Å². The lowest BCUT2D eigenvalue weighted by Crippen LogP contribution is -2.39. The van der Waals surface area contributed by atoms with Crippen molar-refractivity contribution >= 4 is 11.7 Å². The van der Waals surface area contributed by atoms with E-state index in [2.05, 4.69) is 27.1 Å². The third-order valence-electron chi connectivity index (χ3n) is 3.89. The second kappa shape index (κ2) is 8.54. The van der Waals surface area contributed by atoms with E-state index in [9.17, 15) is 4.79 Å². The molecule has 120 valence electrons. The number of nitrogens with one attached hydrogen (secondary N) is 2. The zero-order valence-corrected chi connectivity index (χ0v) is 13.3. The Kier molecular flexibility index (Phi) is 6.40. The fourth-order valence-electron chi connectivity index (χ4n) is 2.61. The number of likely N-dealkylation sites (tertiary alicyclic amines) is 1. The summed E-state index contributed by atoms with van der Waals surface area (Å²) in [7, 11) is 0. The van der Waals surface area contributed by atoms with Crippen LogP contribution in [-0.2, 0) is 0 Å². The number of hydrogen-bond acceptors (Lipinski definition) is 4. The summed E-state index contributed by atoms with van der Waals surface area (Å²) < 4.78 is 0. The van der Waals surface area contributed by atoms with Crippen molar-refractivity contribution in [1.82, 2.24) is 15.2 Å². The molecule has 0 aromatic carbocycles. The van der Waals surface area contributed by atoms with Crippen molar-refractivity contribution in [2.24, 2.45) is 0 Å². The molecule has 0 atom stereocenters. The van der Waals surface area contributed by atoms with Crippen LogP contribution in [0.5, 0.6) is 0 Å². The van der Waals surface area contributed by atoms with Gasteiger partial charge in [0, 0.05) is 38.4 Å². The molecule has 2 rings (SSSR count). The molecule has 0 radical (unpaired) electrons. The Morgan fingerprint density at radius 2 is 2.23 bits per heavy atom. The minimum Gasteiger partial charge on any atom is -0.367 e. The first-order valence-corrected chi connectivity index (χ1v) is 8.07. The van der Waals surface area contributed by atoms with E-state index in [1.54, 1.807) is 6.20 Å². The molecule has 0 bridgehead atoms. The van der Waals surface area contributed by atoms with Crippen LogP contribution < -0.4 is 10.6 Å². The Balaban J connectivity index is 1.81. The van der Waals surface area contributed by atoms with E-state index in [-0.39, 0.29) is 5.91 Å². The van der Waals surface area contributed by atoms with E-state index in [0.717, 1.165) is 44.7 Å². The SMILES string of the molecule is C=CCN1CCC(Nc2ccc(C(=O)NCCC)cn2)CC1. The monoisotopic (exact) mass is 302 g/mol. The third-order valence-corrected chi connectivity index (χ3v) is 3.89. The molecule has 1 amide bonds. The molecular formula is C17H26N4O. The van der Waals surface area contributed by atoms with Gasteiger partial charge in [-0.25, -0.2) is 4.98 Å². The maximum absolute atomic E-state index is 11.8. The highest BCUT2D eigenvalue weighted by molar-refractivity contribution is 5.94. The van der Waals surface area contributed by atoms with Crippen LogP contribution in [0.1, 0.15) is 36.5 Å². The second-order valence-electron chi connectivity index (χ2n) is 5.70. The quantitative estimate of drug-likeness (QED) is 0.759. The second-order valence-corrected chi connectivity index (χ2v) is 5.70.